The monoisotopic (exact) mass is 368 g/mol. The van der Waals surface area contributed by atoms with Gasteiger partial charge in [-0.3, -0.25) is 0 Å². The highest BCUT2D eigenvalue weighted by molar-refractivity contribution is 5.91. The third-order valence-corrected chi connectivity index (χ3v) is 4.82. The largest absolute Gasteiger partial charge is 0.456 e. The highest BCUT2D eigenvalue weighted by Crippen LogP contribution is 2.44. The molecule has 2 aliphatic rings. The molecule has 0 aliphatic carbocycles. The Labute approximate surface area is 157 Å². The third kappa shape index (κ3) is 3.23. The van der Waals surface area contributed by atoms with Crippen molar-refractivity contribution in [1.82, 2.24) is 9.80 Å². The zero-order chi connectivity index (χ0) is 18.8. The molecular weight excluding hydrogens is 347 g/mol. The van der Waals surface area contributed by atoms with Crippen molar-refractivity contribution in [3.8, 4) is 11.5 Å². The number of rotatable bonds is 2. The molecule has 0 spiro atoms. The van der Waals surface area contributed by atoms with E-state index in [2.05, 4.69) is 0 Å². The van der Waals surface area contributed by atoms with Crippen molar-refractivity contribution < 1.29 is 18.7 Å². The first-order valence-corrected chi connectivity index (χ1v) is 9.12. The van der Waals surface area contributed by atoms with Crippen molar-refractivity contribution in [1.29, 1.82) is 0 Å². The summed E-state index contributed by atoms with van der Waals surface area (Å²) in [5, 5.41) is 0. The number of amides is 1. The number of benzene rings is 2. The lowest BCUT2D eigenvalue weighted by atomic mass is 10.1. The van der Waals surface area contributed by atoms with Gasteiger partial charge in [0.25, 0.3) is 0 Å². The minimum atomic E-state index is -0.318. The number of fused-ring (bicyclic) bond motifs is 2. The Morgan fingerprint density at radius 3 is 2.26 bits per heavy atom. The molecule has 1 saturated heterocycles. The van der Waals surface area contributed by atoms with Crippen LogP contribution >= 0.6 is 0 Å². The number of carbonyl (C=O) groups excluding carboxylic acids is 1. The molecule has 6 heteroatoms. The molecule has 27 heavy (non-hydrogen) atoms. The van der Waals surface area contributed by atoms with Gasteiger partial charge in [-0.2, -0.15) is 0 Å². The van der Waals surface area contributed by atoms with Gasteiger partial charge in [-0.25, -0.2) is 9.18 Å². The first-order chi connectivity index (χ1) is 13.2. The maximum absolute atomic E-state index is 15.6. The second-order valence-corrected chi connectivity index (χ2v) is 6.43. The molecule has 4 rings (SSSR count). The normalized spacial score (nSPS) is 16.2. The molecule has 0 aromatic heterocycles. The Balaban J connectivity index is 1.70. The zero-order valence-corrected chi connectivity index (χ0v) is 15.2. The van der Waals surface area contributed by atoms with E-state index in [0.717, 1.165) is 5.56 Å². The van der Waals surface area contributed by atoms with Gasteiger partial charge in [-0.1, -0.05) is 24.3 Å². The average molecular weight is 368 g/mol. The summed E-state index contributed by atoms with van der Waals surface area (Å²) in [6, 6.07) is 14.6. The molecule has 0 saturated carbocycles. The van der Waals surface area contributed by atoms with Crippen LogP contribution in [0.1, 0.15) is 18.1 Å². The fraction of sp³-hybridized carbons (Fsp3) is 0.286. The molecule has 0 atom stereocenters. The molecule has 2 aliphatic heterocycles. The van der Waals surface area contributed by atoms with Gasteiger partial charge >= 0.3 is 6.09 Å². The molecule has 2 aromatic rings. The summed E-state index contributed by atoms with van der Waals surface area (Å²) < 4.78 is 26.7. The van der Waals surface area contributed by atoms with E-state index in [1.807, 2.05) is 35.2 Å². The second kappa shape index (κ2) is 7.31. The molecule has 1 amide bonds. The smallest absolute Gasteiger partial charge is 0.409 e. The van der Waals surface area contributed by atoms with Gasteiger partial charge in [0.15, 0.2) is 5.83 Å². The van der Waals surface area contributed by atoms with Gasteiger partial charge in [0.2, 0.25) is 0 Å². The van der Waals surface area contributed by atoms with Crippen LogP contribution in [-0.2, 0) is 4.74 Å². The van der Waals surface area contributed by atoms with Crippen molar-refractivity contribution in [2.75, 3.05) is 32.8 Å². The molecule has 5 nitrogen and oxygen atoms in total. The van der Waals surface area contributed by atoms with Crippen LogP contribution in [0, 0.1) is 0 Å². The summed E-state index contributed by atoms with van der Waals surface area (Å²) in [6.07, 6.45) is -0.318. The molecule has 0 radical (unpaired) electrons. The number of para-hydroxylation sites is 2. The minimum absolute atomic E-state index is 0.305. The summed E-state index contributed by atoms with van der Waals surface area (Å²) in [6.45, 7) is 4.16. The SMILES string of the molecule is CCOC(=O)N1CCN(C2=C(F)c3ccccc3Oc3ccccc32)CC1. The van der Waals surface area contributed by atoms with Gasteiger partial charge in [0.05, 0.1) is 17.9 Å². The molecule has 1 fully saturated rings. The standard InChI is InChI=1S/C21H21FN2O3/c1-2-26-21(25)24-13-11-23(12-14-24)20-16-8-4-6-10-18(16)27-17-9-5-3-7-15(17)19(20)22/h3-10H,2,11-14H2,1H3. The van der Waals surface area contributed by atoms with Gasteiger partial charge in [-0.15, -0.1) is 0 Å². The van der Waals surface area contributed by atoms with E-state index in [9.17, 15) is 4.79 Å². The van der Waals surface area contributed by atoms with E-state index in [1.165, 1.54) is 0 Å². The maximum Gasteiger partial charge on any atom is 0.409 e. The molecule has 0 N–H and O–H groups in total. The van der Waals surface area contributed by atoms with E-state index in [4.69, 9.17) is 9.47 Å². The number of ether oxygens (including phenoxy) is 2. The van der Waals surface area contributed by atoms with Crippen molar-refractivity contribution >= 4 is 17.6 Å². The highest BCUT2D eigenvalue weighted by Gasteiger charge is 2.30. The molecule has 0 unspecified atom stereocenters. The van der Waals surface area contributed by atoms with E-state index in [0.29, 0.717) is 55.5 Å². The van der Waals surface area contributed by atoms with Crippen LogP contribution in [0.25, 0.3) is 11.5 Å². The fourth-order valence-electron chi connectivity index (χ4n) is 3.49. The van der Waals surface area contributed by atoms with E-state index in [1.54, 1.807) is 30.0 Å². The molecule has 2 heterocycles. The lowest BCUT2D eigenvalue weighted by Gasteiger charge is -2.36. The molecular formula is C21H21FN2O3. The van der Waals surface area contributed by atoms with E-state index < -0.39 is 0 Å². The number of nitrogens with zero attached hydrogens (tertiary/aromatic N) is 2. The average Bonchev–Trinajstić information content (AvgIpc) is 2.82. The first-order valence-electron chi connectivity index (χ1n) is 9.12. The summed E-state index contributed by atoms with van der Waals surface area (Å²) in [5.74, 6) is 0.822. The van der Waals surface area contributed by atoms with Crippen LogP contribution in [0.3, 0.4) is 0 Å². The lowest BCUT2D eigenvalue weighted by molar-refractivity contribution is 0.0906. The van der Waals surface area contributed by atoms with Crippen molar-refractivity contribution in [2.24, 2.45) is 0 Å². The van der Waals surface area contributed by atoms with Crippen LogP contribution in [0.4, 0.5) is 9.18 Å². The summed E-state index contributed by atoms with van der Waals surface area (Å²) >= 11 is 0. The topological polar surface area (TPSA) is 42.0 Å². The van der Waals surface area contributed by atoms with Crippen molar-refractivity contribution in [3.05, 3.63) is 59.7 Å². The van der Waals surface area contributed by atoms with E-state index in [-0.39, 0.29) is 11.9 Å². The van der Waals surface area contributed by atoms with Crippen LogP contribution in [0.5, 0.6) is 11.5 Å². The van der Waals surface area contributed by atoms with Crippen LogP contribution in [0.15, 0.2) is 48.5 Å². The highest BCUT2D eigenvalue weighted by atomic mass is 19.1. The minimum Gasteiger partial charge on any atom is -0.456 e. The molecule has 2 aromatic carbocycles. The van der Waals surface area contributed by atoms with E-state index >= 15 is 4.39 Å². The summed E-state index contributed by atoms with van der Waals surface area (Å²) in [5.41, 5.74) is 1.67. The fourth-order valence-corrected chi connectivity index (χ4v) is 3.49. The predicted octanol–water partition coefficient (Wildman–Crippen LogP) is 4.36. The zero-order valence-electron chi connectivity index (χ0n) is 15.2. The van der Waals surface area contributed by atoms with Crippen LogP contribution in [-0.4, -0.2) is 48.7 Å². The summed E-state index contributed by atoms with van der Waals surface area (Å²) in [7, 11) is 0. The van der Waals surface area contributed by atoms with Crippen LogP contribution < -0.4 is 4.74 Å². The number of carbonyl (C=O) groups is 1. The Morgan fingerprint density at radius 1 is 1.00 bits per heavy atom. The van der Waals surface area contributed by atoms with Crippen molar-refractivity contribution in [2.45, 2.75) is 6.92 Å². The Hall–Kier alpha value is -3.02. The number of hydrogen-bond donors (Lipinski definition) is 0. The second-order valence-electron chi connectivity index (χ2n) is 6.43. The number of halogens is 1. The summed E-state index contributed by atoms with van der Waals surface area (Å²) in [4.78, 5) is 15.6. The van der Waals surface area contributed by atoms with Crippen molar-refractivity contribution in [3.63, 3.8) is 0 Å². The quantitative estimate of drug-likeness (QED) is 0.790. The Morgan fingerprint density at radius 2 is 1.59 bits per heavy atom. The molecule has 140 valence electrons. The number of piperazine rings is 1. The Bertz CT molecular complexity index is 889. The van der Waals surface area contributed by atoms with Gasteiger partial charge in [0, 0.05) is 31.7 Å². The van der Waals surface area contributed by atoms with Crippen LogP contribution in [0.2, 0.25) is 0 Å². The Kier molecular flexibility index (Phi) is 4.71. The lowest BCUT2D eigenvalue weighted by Crippen LogP contribution is -2.48. The first kappa shape index (κ1) is 17.4. The maximum atomic E-state index is 15.6. The molecule has 0 bridgehead atoms. The van der Waals surface area contributed by atoms with Gasteiger partial charge in [-0.05, 0) is 31.2 Å². The van der Waals surface area contributed by atoms with Gasteiger partial charge < -0.3 is 19.3 Å². The predicted molar refractivity (Wildman–Crippen MR) is 101 cm³/mol. The number of hydrogen-bond acceptors (Lipinski definition) is 4. The third-order valence-electron chi connectivity index (χ3n) is 4.82. The van der Waals surface area contributed by atoms with Gasteiger partial charge in [0.1, 0.15) is 11.5 Å².